The third kappa shape index (κ3) is 23.6. The molecule has 47 heteroatoms. The van der Waals surface area contributed by atoms with Gasteiger partial charge in [-0.05, 0) is 130 Å². The van der Waals surface area contributed by atoms with E-state index < -0.39 is 144 Å². The number of imide groups is 1. The first kappa shape index (κ1) is 110. The number of carbonyl (C=O) groups is 23. The standard InChI is InChI=1S/2C17H20O8.C14H17NO5.C13H15NO6.C12H15NO3.C11H13NO4.C8H9NO4.C8H11NO3/c1-7(2)15(19)24-6-11(18)23-5-10-8-4-9-13(12(8)16(20)22-3)17(21)25-14(9)10;1-7(2)15(19)23-5-4-10(18)24-13-8-6-9-12(11(8)16(20)22-3)17(21)25-14(9)13;1-6(2)13(17)19-5-10(16)15-11-7-3-8-9(4-7)14(18)20-12(8)11;1-5(2)12(16)18-4-8(15)14-9-7-3-6-10(19-7)11(9)20-13(6)17;1-5(2)12(15)16-10-6-3-7-8(4-6)11(14)13-9(7)10;1-4(2)11(14)16-9-6-3-5-8(15-6)7(9)12-10(5)13;1-5(2)8(12)13-9-6(10)3-4-7(9)11;1-5(2)8(11)12-6-3-4-9-7(6)10/h8-10,12-14H,1,4-6H2,2-3H3;8-9,11-14H,1,4-6H2,2-3H3;7-9,11-12H,1,3-5H2,2H3,(H,15,16);6-7,9-11H,1,3-4H2,2H3,(H,14,15);6-10H,1,3-4H2,2H3,(H,13,14);5-9H,1,3H2,2H3,(H,12,13);1,3-4H2,2H3;6H,1,3-4H2,2H3,(H,9,10). The normalized spacial score (nSPS) is 34.3. The number of hydrogen-bond acceptors (Lipinski definition) is 41. The second-order valence-electron chi connectivity index (χ2n) is 39.9. The van der Waals surface area contributed by atoms with Gasteiger partial charge in [0.2, 0.25) is 11.8 Å². The Balaban J connectivity index is 0.000000142. The summed E-state index contributed by atoms with van der Waals surface area (Å²) < 4.78 is 87.5. The van der Waals surface area contributed by atoms with Crippen LogP contribution in [0.2, 0.25) is 0 Å². The Morgan fingerprint density at radius 1 is 0.381 bits per heavy atom. The number of methoxy groups -OCH3 is 2. The van der Waals surface area contributed by atoms with E-state index in [1.54, 1.807) is 20.8 Å². The summed E-state index contributed by atoms with van der Waals surface area (Å²) in [4.78, 5) is 269. The van der Waals surface area contributed by atoms with Gasteiger partial charge in [-0.3, -0.25) is 67.1 Å². The van der Waals surface area contributed by atoms with Crippen molar-refractivity contribution in [3.63, 3.8) is 0 Å². The van der Waals surface area contributed by atoms with Crippen molar-refractivity contribution >= 4 is 137 Å². The number of nitrogens with one attached hydrogen (secondary N) is 5. The molecule has 5 N–H and O–H groups in total. The molecule has 12 bridgehead atoms. The monoisotopic (exact) mass is 2060 g/mol. The van der Waals surface area contributed by atoms with E-state index in [0.29, 0.717) is 78.2 Å². The van der Waals surface area contributed by atoms with Gasteiger partial charge in [0, 0.05) is 106 Å². The van der Waals surface area contributed by atoms with Gasteiger partial charge >= 0.3 is 95.5 Å². The number of amides is 7. The fourth-order valence-corrected chi connectivity index (χ4v) is 23.1. The molecule has 47 nitrogen and oxygen atoms in total. The lowest BCUT2D eigenvalue weighted by molar-refractivity contribution is -0.194. The van der Waals surface area contributed by atoms with Crippen molar-refractivity contribution in [3.05, 3.63) is 97.2 Å². The van der Waals surface area contributed by atoms with E-state index in [1.807, 2.05) is 0 Å². The summed E-state index contributed by atoms with van der Waals surface area (Å²) in [6, 6.07) is -0.614. The fourth-order valence-electron chi connectivity index (χ4n) is 23.1. The largest absolute Gasteiger partial charge is 0.469 e. The molecule has 20 rings (SSSR count). The Morgan fingerprint density at radius 3 is 1.41 bits per heavy atom. The van der Waals surface area contributed by atoms with Gasteiger partial charge in [-0.25, -0.2) is 43.2 Å². The summed E-state index contributed by atoms with van der Waals surface area (Å²) >= 11 is 0. The number of nitrogens with zero attached hydrogens (tertiary/aromatic N) is 1. The van der Waals surface area contributed by atoms with Crippen LogP contribution in [0.5, 0.6) is 0 Å². The molecule has 796 valence electrons. The van der Waals surface area contributed by atoms with Gasteiger partial charge in [-0.1, -0.05) is 52.6 Å². The maximum absolute atomic E-state index is 12.1. The van der Waals surface area contributed by atoms with Crippen molar-refractivity contribution in [2.45, 2.75) is 230 Å². The van der Waals surface area contributed by atoms with E-state index in [4.69, 9.17) is 80.5 Å². The molecule has 12 saturated heterocycles. The van der Waals surface area contributed by atoms with Crippen molar-refractivity contribution in [1.82, 2.24) is 31.6 Å². The maximum Gasteiger partial charge on any atom is 0.359 e. The van der Waals surface area contributed by atoms with Gasteiger partial charge in [-0.15, -0.1) is 5.06 Å². The summed E-state index contributed by atoms with van der Waals surface area (Å²) in [6.07, 6.45) is 2.78. The second kappa shape index (κ2) is 45.9. The van der Waals surface area contributed by atoms with Crippen LogP contribution in [0.3, 0.4) is 0 Å². The first-order valence-corrected chi connectivity index (χ1v) is 48.2. The Kier molecular flexibility index (Phi) is 34.3. The number of hydroxylamine groups is 2. The summed E-state index contributed by atoms with van der Waals surface area (Å²) in [5, 5.41) is 14.4. The first-order valence-electron chi connectivity index (χ1n) is 48.2. The van der Waals surface area contributed by atoms with Crippen LogP contribution in [-0.4, -0.2) is 293 Å². The summed E-state index contributed by atoms with van der Waals surface area (Å²) in [6.45, 7) is 39.0. The molecule has 0 aromatic heterocycles. The molecule has 7 amide bonds. The highest BCUT2D eigenvalue weighted by molar-refractivity contribution is 6.03. The minimum atomic E-state index is -0.761. The molecule has 0 spiro atoms. The number of hydrogen-bond donors (Lipinski definition) is 5. The van der Waals surface area contributed by atoms with E-state index in [0.717, 1.165) is 25.7 Å². The van der Waals surface area contributed by atoms with Gasteiger partial charge in [0.15, 0.2) is 38.1 Å². The molecule has 0 aromatic carbocycles. The minimum absolute atomic E-state index is 0.00276. The summed E-state index contributed by atoms with van der Waals surface area (Å²) in [5.41, 5.74) is 2.16. The van der Waals surface area contributed by atoms with E-state index in [1.165, 1.54) is 48.8 Å². The molecule has 0 radical (unpaired) electrons. The molecule has 0 aromatic rings. The number of carbonyl (C=O) groups excluding carboxylic acids is 23. The molecule has 147 heavy (non-hydrogen) atoms. The van der Waals surface area contributed by atoms with Crippen molar-refractivity contribution in [2.24, 2.45) is 101 Å². The van der Waals surface area contributed by atoms with Crippen molar-refractivity contribution in [2.75, 3.05) is 53.8 Å². The van der Waals surface area contributed by atoms with Crippen molar-refractivity contribution in [3.8, 4) is 0 Å². The van der Waals surface area contributed by atoms with Crippen LogP contribution < -0.4 is 26.6 Å². The predicted molar refractivity (Wildman–Crippen MR) is 487 cm³/mol. The quantitative estimate of drug-likeness (QED) is 0.0311. The van der Waals surface area contributed by atoms with E-state index in [9.17, 15) is 110 Å². The van der Waals surface area contributed by atoms with Crippen LogP contribution >= 0.6 is 0 Å². The lowest BCUT2D eigenvalue weighted by atomic mass is 9.74. The summed E-state index contributed by atoms with van der Waals surface area (Å²) in [7, 11) is 2.56. The van der Waals surface area contributed by atoms with Crippen LogP contribution in [0, 0.1) is 101 Å². The van der Waals surface area contributed by atoms with Crippen LogP contribution in [0.1, 0.15) is 132 Å². The van der Waals surface area contributed by atoms with Crippen LogP contribution in [0.15, 0.2) is 97.2 Å². The van der Waals surface area contributed by atoms with Gasteiger partial charge in [0.05, 0.1) is 111 Å². The number of rotatable bonds is 28. The zero-order valence-corrected chi connectivity index (χ0v) is 82.6. The Labute approximate surface area is 841 Å². The molecule has 33 unspecified atom stereocenters. The fraction of sp³-hybridized carbons (Fsp3) is 0.610. The highest BCUT2D eigenvalue weighted by Gasteiger charge is 2.73. The predicted octanol–water partition coefficient (Wildman–Crippen LogP) is 0.661. The molecule has 8 saturated carbocycles. The van der Waals surface area contributed by atoms with Crippen LogP contribution in [-0.2, 0) is 196 Å². The third-order valence-corrected chi connectivity index (χ3v) is 29.7. The van der Waals surface area contributed by atoms with E-state index in [-0.39, 0.29) is 253 Å². The molecule has 20 aliphatic rings. The van der Waals surface area contributed by atoms with Crippen molar-refractivity contribution in [1.29, 1.82) is 0 Å². The molecular formula is C100H120N6O41. The smallest absolute Gasteiger partial charge is 0.359 e. The molecule has 20 fully saturated rings. The molecule has 12 heterocycles. The number of ether oxygens (including phenoxy) is 17. The molecule has 12 aliphatic heterocycles. The Hall–Kier alpha value is -14.1. The van der Waals surface area contributed by atoms with Crippen LogP contribution in [0.25, 0.3) is 0 Å². The number of fused-ring (bicyclic) bond motifs is 6. The van der Waals surface area contributed by atoms with Gasteiger partial charge in [-0.2, -0.15) is 0 Å². The zero-order valence-electron chi connectivity index (χ0n) is 82.6. The van der Waals surface area contributed by atoms with Crippen LogP contribution in [0.4, 0.5) is 0 Å². The second-order valence-corrected chi connectivity index (χ2v) is 39.9. The molecular weight excluding hydrogens is 1940 g/mol. The zero-order chi connectivity index (χ0) is 108. The topological polar surface area (TPSA) is 622 Å². The lowest BCUT2D eigenvalue weighted by Crippen LogP contribution is -2.50. The van der Waals surface area contributed by atoms with Gasteiger partial charge in [0.1, 0.15) is 43.2 Å². The Bertz CT molecular complexity index is 5360. The third-order valence-electron chi connectivity index (χ3n) is 29.7. The average molecular weight is 2060 g/mol. The minimum Gasteiger partial charge on any atom is -0.469 e. The first-order chi connectivity index (χ1) is 69.4. The molecule has 8 aliphatic carbocycles. The van der Waals surface area contributed by atoms with Gasteiger partial charge < -0.3 is 112 Å². The lowest BCUT2D eigenvalue weighted by Gasteiger charge is -2.29. The maximum atomic E-state index is 12.1. The van der Waals surface area contributed by atoms with E-state index in [2.05, 4.69) is 84.1 Å². The SMILES string of the molecule is C=C(C)C(=O)OC1C2CC3C(=O)NC1C3C2.C=C(C)C(=O)OC1C2CC3C(=O)NC1C3O2.C=C(C)C(=O)OC1CCNC1=O.C=C(C)C(=O)OCC(=O)NC1C2CC3C(=O)OC1C3C2.C=C(C)C(=O)OCC(=O)NC1C2CC3C(=O)OC1C3O2.C=C(C)C(=O)OCC(=O)OCC1C2CC3C1OC(=O)C3C2C(=O)OC.C=C(C)C(=O)OCCC(=O)OC1C2CC3C1OC(=O)C3C2C(=O)OC.C=C(C)C(=O)ON1C(=O)CCC1=O. The Morgan fingerprint density at radius 2 is 0.850 bits per heavy atom. The summed E-state index contributed by atoms with van der Waals surface area (Å²) in [5.74, 6) is -11.4. The van der Waals surface area contributed by atoms with Gasteiger partial charge in [0.25, 0.3) is 29.5 Å². The molecule has 33 atom stereocenters. The average Bonchev–Trinajstić information content (AvgIpc) is 1.54. The van der Waals surface area contributed by atoms with E-state index >= 15 is 0 Å². The number of esters is 15. The van der Waals surface area contributed by atoms with Crippen molar-refractivity contribution < 1.29 is 196 Å². The highest BCUT2D eigenvalue weighted by atomic mass is 16.7. The highest BCUT2D eigenvalue weighted by Crippen LogP contribution is 2.62.